The minimum absolute atomic E-state index is 0.0714. The summed E-state index contributed by atoms with van der Waals surface area (Å²) >= 11 is 0. The molecule has 1 N–H and O–H groups in total. The summed E-state index contributed by atoms with van der Waals surface area (Å²) in [6.45, 7) is 13.3. The van der Waals surface area contributed by atoms with Crippen molar-refractivity contribution in [2.75, 3.05) is 6.61 Å². The van der Waals surface area contributed by atoms with Gasteiger partial charge in [0.1, 0.15) is 6.10 Å². The number of sulfonamides is 1. The second kappa shape index (κ2) is 16.1. The molecule has 4 aromatic rings. The van der Waals surface area contributed by atoms with Gasteiger partial charge in [-0.25, -0.2) is 8.42 Å². The monoisotopic (exact) mass is 671 g/mol. The third-order valence-corrected chi connectivity index (χ3v) is 11.1. The van der Waals surface area contributed by atoms with Gasteiger partial charge >= 0.3 is 5.97 Å². The minimum atomic E-state index is -4.08. The molecule has 7 nitrogen and oxygen atoms in total. The first-order chi connectivity index (χ1) is 22.7. The molecule has 0 spiro atoms. The first-order valence-electron chi connectivity index (χ1n) is 16.4. The van der Waals surface area contributed by atoms with E-state index in [4.69, 9.17) is 9.47 Å². The van der Waals surface area contributed by atoms with Crippen LogP contribution in [0.4, 0.5) is 0 Å². The third-order valence-electron chi connectivity index (χ3n) is 8.85. The van der Waals surface area contributed by atoms with Crippen LogP contribution in [0.3, 0.4) is 0 Å². The zero-order valence-corrected chi connectivity index (χ0v) is 29.9. The molecule has 0 fully saturated rings. The molecule has 0 aliphatic carbocycles. The van der Waals surface area contributed by atoms with E-state index in [1.807, 2.05) is 124 Å². The van der Waals surface area contributed by atoms with Gasteiger partial charge in [-0.1, -0.05) is 123 Å². The van der Waals surface area contributed by atoms with E-state index in [1.165, 1.54) is 4.31 Å². The molecule has 0 heterocycles. The highest BCUT2D eigenvalue weighted by atomic mass is 32.2. The molecule has 0 aromatic heterocycles. The number of esters is 1. The van der Waals surface area contributed by atoms with Crippen LogP contribution in [0.2, 0.25) is 0 Å². The predicted molar refractivity (Wildman–Crippen MR) is 190 cm³/mol. The van der Waals surface area contributed by atoms with Crippen LogP contribution in [0.5, 0.6) is 0 Å². The Hall–Kier alpha value is -3.82. The quantitative estimate of drug-likeness (QED) is 0.130. The van der Waals surface area contributed by atoms with Gasteiger partial charge in [0.2, 0.25) is 10.0 Å². The highest BCUT2D eigenvalue weighted by Gasteiger charge is 2.41. The van der Waals surface area contributed by atoms with Crippen LogP contribution in [0.15, 0.2) is 108 Å². The van der Waals surface area contributed by atoms with Gasteiger partial charge in [-0.05, 0) is 62.4 Å². The lowest BCUT2D eigenvalue weighted by Crippen LogP contribution is -2.45. The van der Waals surface area contributed by atoms with Crippen molar-refractivity contribution in [1.82, 2.24) is 4.31 Å². The zero-order chi connectivity index (χ0) is 35.1. The van der Waals surface area contributed by atoms with E-state index < -0.39 is 45.6 Å². The van der Waals surface area contributed by atoms with Gasteiger partial charge in [0.15, 0.2) is 0 Å². The Balaban J connectivity index is 1.65. The molecule has 48 heavy (non-hydrogen) atoms. The second-order valence-corrected chi connectivity index (χ2v) is 15.3. The maximum atomic E-state index is 14.7. The van der Waals surface area contributed by atoms with Crippen LogP contribution in [0, 0.1) is 32.1 Å². The fraction of sp³-hybridized carbons (Fsp3) is 0.375. The SMILES string of the molecule is Cc1cc(C)c(S(=O)(=O)N(Cc2ccccc2)[C@@H](C)[C@H](OC(=O)[C@H](C)[C@H](O)C(C)(C)COCc2ccccc2)c2ccccc2)c(C)c1. The normalized spacial score (nSPS) is 14.7. The van der Waals surface area contributed by atoms with Crippen LogP contribution >= 0.6 is 0 Å². The number of nitrogens with zero attached hydrogens (tertiary/aromatic N) is 1. The van der Waals surface area contributed by atoms with E-state index in [0.717, 1.165) is 16.7 Å². The number of benzene rings is 4. The molecule has 8 heteroatoms. The van der Waals surface area contributed by atoms with Crippen molar-refractivity contribution in [1.29, 1.82) is 0 Å². The van der Waals surface area contributed by atoms with Gasteiger partial charge < -0.3 is 14.6 Å². The maximum Gasteiger partial charge on any atom is 0.311 e. The van der Waals surface area contributed by atoms with E-state index >= 15 is 0 Å². The number of aliphatic hydroxyl groups excluding tert-OH is 1. The molecule has 0 bridgehead atoms. The number of aliphatic hydroxyl groups is 1. The van der Waals surface area contributed by atoms with E-state index in [2.05, 4.69) is 0 Å². The lowest BCUT2D eigenvalue weighted by molar-refractivity contribution is -0.165. The number of hydrogen-bond donors (Lipinski definition) is 1. The Morgan fingerprint density at radius 2 is 1.31 bits per heavy atom. The van der Waals surface area contributed by atoms with E-state index in [0.29, 0.717) is 23.3 Å². The highest BCUT2D eigenvalue weighted by molar-refractivity contribution is 7.89. The molecule has 0 amide bonds. The first kappa shape index (κ1) is 37.0. The lowest BCUT2D eigenvalue weighted by Gasteiger charge is -2.37. The van der Waals surface area contributed by atoms with E-state index in [9.17, 15) is 18.3 Å². The van der Waals surface area contributed by atoms with Crippen LogP contribution < -0.4 is 0 Å². The molecule has 0 unspecified atom stereocenters. The number of carbonyl (C=O) groups excluding carboxylic acids is 1. The summed E-state index contributed by atoms with van der Waals surface area (Å²) in [5.41, 5.74) is 3.97. The zero-order valence-electron chi connectivity index (χ0n) is 29.1. The predicted octanol–water partition coefficient (Wildman–Crippen LogP) is 7.72. The summed E-state index contributed by atoms with van der Waals surface area (Å²) in [7, 11) is -4.08. The van der Waals surface area contributed by atoms with E-state index in [1.54, 1.807) is 27.7 Å². The molecule has 0 saturated heterocycles. The van der Waals surface area contributed by atoms with Crippen LogP contribution in [-0.4, -0.2) is 42.6 Å². The summed E-state index contributed by atoms with van der Waals surface area (Å²) < 4.78 is 42.9. The van der Waals surface area contributed by atoms with Gasteiger partial charge in [-0.3, -0.25) is 4.79 Å². The number of rotatable bonds is 15. The average molecular weight is 672 g/mol. The summed E-state index contributed by atoms with van der Waals surface area (Å²) in [5, 5.41) is 11.4. The van der Waals surface area contributed by atoms with Crippen molar-refractivity contribution in [3.8, 4) is 0 Å². The molecular formula is C40H49NO6S. The molecule has 0 radical (unpaired) electrons. The van der Waals surface area contributed by atoms with Gasteiger partial charge in [-0.2, -0.15) is 4.31 Å². The summed E-state index contributed by atoms with van der Waals surface area (Å²) in [5.74, 6) is -1.54. The molecule has 0 saturated carbocycles. The van der Waals surface area contributed by atoms with Crippen molar-refractivity contribution in [2.24, 2.45) is 11.3 Å². The Labute approximate surface area is 286 Å². The van der Waals surface area contributed by atoms with Crippen molar-refractivity contribution in [3.05, 3.63) is 137 Å². The highest BCUT2D eigenvalue weighted by Crippen LogP contribution is 2.35. The summed E-state index contributed by atoms with van der Waals surface area (Å²) in [6, 6.07) is 31.3. The van der Waals surface area contributed by atoms with Crippen molar-refractivity contribution in [2.45, 2.75) is 84.8 Å². The number of aryl methyl sites for hydroxylation is 3. The topological polar surface area (TPSA) is 93.1 Å². The first-order valence-corrected chi connectivity index (χ1v) is 17.8. The molecule has 0 aliphatic rings. The third kappa shape index (κ3) is 8.99. The molecule has 256 valence electrons. The van der Waals surface area contributed by atoms with Gasteiger partial charge in [0, 0.05) is 12.0 Å². The van der Waals surface area contributed by atoms with Crippen molar-refractivity contribution < 1.29 is 27.8 Å². The number of ether oxygens (including phenoxy) is 2. The van der Waals surface area contributed by atoms with Gasteiger partial charge in [0.25, 0.3) is 0 Å². The summed E-state index contributed by atoms with van der Waals surface area (Å²) in [4.78, 5) is 14.1. The maximum absolute atomic E-state index is 14.7. The minimum Gasteiger partial charge on any atom is -0.455 e. The van der Waals surface area contributed by atoms with Crippen LogP contribution in [0.1, 0.15) is 67.2 Å². The van der Waals surface area contributed by atoms with Gasteiger partial charge in [-0.15, -0.1) is 0 Å². The van der Waals surface area contributed by atoms with Gasteiger partial charge in [0.05, 0.1) is 36.2 Å². The number of carbonyl (C=O) groups is 1. The Morgan fingerprint density at radius 3 is 1.85 bits per heavy atom. The molecule has 4 atom stereocenters. The smallest absolute Gasteiger partial charge is 0.311 e. The standard InChI is InChI=1S/C40H49NO6S/c1-28-23-29(2)37(30(3)24-28)48(44,45)41(25-33-17-11-8-12-18-33)32(5)36(35-21-15-10-16-22-35)47-39(43)31(4)38(42)40(6,7)27-46-26-34-19-13-9-14-20-34/h8-24,31-32,36,38,42H,25-27H2,1-7H3/t31-,32+,36+,38+/m1/s1. The second-order valence-electron chi connectivity index (χ2n) is 13.5. The fourth-order valence-corrected chi connectivity index (χ4v) is 8.30. The Kier molecular flexibility index (Phi) is 12.4. The molecule has 4 rings (SSSR count). The Morgan fingerprint density at radius 1 is 0.812 bits per heavy atom. The van der Waals surface area contributed by atoms with Crippen molar-refractivity contribution in [3.63, 3.8) is 0 Å². The Bertz CT molecular complexity index is 1720. The molecule has 4 aromatic carbocycles. The fourth-order valence-electron chi connectivity index (χ4n) is 6.27. The number of hydrogen-bond acceptors (Lipinski definition) is 6. The van der Waals surface area contributed by atoms with Crippen molar-refractivity contribution >= 4 is 16.0 Å². The molecular weight excluding hydrogens is 623 g/mol. The van der Waals surface area contributed by atoms with Crippen LogP contribution in [-0.2, 0) is 37.4 Å². The van der Waals surface area contributed by atoms with Crippen LogP contribution in [0.25, 0.3) is 0 Å². The largest absolute Gasteiger partial charge is 0.455 e. The average Bonchev–Trinajstić information content (AvgIpc) is 3.05. The van der Waals surface area contributed by atoms with E-state index in [-0.39, 0.29) is 18.0 Å². The summed E-state index contributed by atoms with van der Waals surface area (Å²) in [6.07, 6.45) is -2.05. The molecule has 0 aliphatic heterocycles. The lowest BCUT2D eigenvalue weighted by atomic mass is 9.80.